The van der Waals surface area contributed by atoms with E-state index in [1.807, 2.05) is 12.1 Å². The van der Waals surface area contributed by atoms with Gasteiger partial charge in [0, 0.05) is 57.2 Å². The number of piperidine rings is 1. The zero-order valence-corrected chi connectivity index (χ0v) is 17.7. The number of rotatable bonds is 8. The summed E-state index contributed by atoms with van der Waals surface area (Å²) in [6.07, 6.45) is 4.26. The van der Waals surface area contributed by atoms with Crippen LogP contribution in [0.3, 0.4) is 0 Å². The summed E-state index contributed by atoms with van der Waals surface area (Å²) in [6.45, 7) is 2.74. The zero-order valence-electron chi connectivity index (χ0n) is 17.7. The van der Waals surface area contributed by atoms with Crippen LogP contribution >= 0.6 is 0 Å². The Labute approximate surface area is 177 Å². The minimum Gasteiger partial charge on any atom is -0.483 e. The fraction of sp³-hybridized carbons (Fsp3) is 0.478. The number of benzene rings is 2. The molecule has 1 aliphatic carbocycles. The number of nitrogens with zero attached hydrogens (tertiary/aromatic N) is 3. The first-order chi connectivity index (χ1) is 14.5. The van der Waals surface area contributed by atoms with E-state index in [1.165, 1.54) is 11.4 Å². The van der Waals surface area contributed by atoms with Gasteiger partial charge in [0.1, 0.15) is 0 Å². The molecule has 1 heterocycles. The predicted molar refractivity (Wildman–Crippen MR) is 120 cm³/mol. The topological polar surface area (TPSA) is 70.9 Å². The third-order valence-electron chi connectivity index (χ3n) is 5.86. The summed E-state index contributed by atoms with van der Waals surface area (Å²) in [5.41, 5.74) is 3.57. The quantitative estimate of drug-likeness (QED) is 0.525. The van der Waals surface area contributed by atoms with E-state index in [0.717, 1.165) is 44.3 Å². The van der Waals surface area contributed by atoms with Crippen molar-refractivity contribution in [3.05, 3.63) is 58.1 Å². The van der Waals surface area contributed by atoms with Gasteiger partial charge in [0.25, 0.3) is 0 Å². The van der Waals surface area contributed by atoms with Crippen molar-refractivity contribution < 1.29 is 9.66 Å². The summed E-state index contributed by atoms with van der Waals surface area (Å²) in [4.78, 5) is 15.4. The molecular weight excluding hydrogens is 380 g/mol. The fourth-order valence-electron chi connectivity index (χ4n) is 3.84. The van der Waals surface area contributed by atoms with Gasteiger partial charge in [-0.15, -0.1) is 0 Å². The van der Waals surface area contributed by atoms with Gasteiger partial charge in [-0.25, -0.2) is 0 Å². The molecule has 0 radical (unpaired) electrons. The molecular formula is C23H30N4O3. The Bertz CT molecular complexity index is 873. The highest BCUT2D eigenvalue weighted by Gasteiger charge is 2.27. The maximum absolute atomic E-state index is 11.2. The number of hydrogen-bond acceptors (Lipinski definition) is 6. The van der Waals surface area contributed by atoms with Crippen LogP contribution in [0.1, 0.15) is 31.2 Å². The van der Waals surface area contributed by atoms with Crippen molar-refractivity contribution >= 4 is 17.1 Å². The summed E-state index contributed by atoms with van der Waals surface area (Å²) >= 11 is 0. The maximum atomic E-state index is 11.2. The third-order valence-corrected chi connectivity index (χ3v) is 5.86. The Morgan fingerprint density at radius 1 is 1.10 bits per heavy atom. The van der Waals surface area contributed by atoms with Gasteiger partial charge in [-0.05, 0) is 61.6 Å². The molecule has 2 aliphatic rings. The average Bonchev–Trinajstić information content (AvgIpc) is 3.57. The normalized spacial score (nSPS) is 17.1. The van der Waals surface area contributed by atoms with E-state index < -0.39 is 0 Å². The largest absolute Gasteiger partial charge is 0.483 e. The number of hydrogen-bond donors (Lipinski definition) is 1. The molecule has 0 spiro atoms. The molecule has 0 amide bonds. The molecule has 2 fully saturated rings. The van der Waals surface area contributed by atoms with E-state index in [4.69, 9.17) is 4.74 Å². The molecule has 1 N–H and O–H groups in total. The van der Waals surface area contributed by atoms with Crippen LogP contribution in [0.15, 0.2) is 42.5 Å². The van der Waals surface area contributed by atoms with Gasteiger partial charge in [-0.3, -0.25) is 10.1 Å². The Kier molecular flexibility index (Phi) is 6.08. The SMILES string of the molecule is CN(C)c1ccc(N2CCC(NCc3ccc([N+](=O)[O-])c(OC4CC4)c3)CC2)cc1. The van der Waals surface area contributed by atoms with Gasteiger partial charge in [-0.1, -0.05) is 6.07 Å². The van der Waals surface area contributed by atoms with E-state index in [0.29, 0.717) is 18.3 Å². The van der Waals surface area contributed by atoms with Gasteiger partial charge in [0.2, 0.25) is 0 Å². The summed E-state index contributed by atoms with van der Waals surface area (Å²) in [7, 11) is 4.11. The maximum Gasteiger partial charge on any atom is 0.310 e. The van der Waals surface area contributed by atoms with E-state index in [1.54, 1.807) is 6.07 Å². The van der Waals surface area contributed by atoms with Crippen LogP contribution in [0.5, 0.6) is 5.75 Å². The smallest absolute Gasteiger partial charge is 0.310 e. The van der Waals surface area contributed by atoms with Crippen molar-refractivity contribution in [1.82, 2.24) is 5.32 Å². The first-order valence-corrected chi connectivity index (χ1v) is 10.7. The molecule has 160 valence electrons. The third kappa shape index (κ3) is 5.02. The van der Waals surface area contributed by atoms with Crippen molar-refractivity contribution in [2.75, 3.05) is 37.0 Å². The summed E-state index contributed by atoms with van der Waals surface area (Å²) in [5, 5.41) is 14.9. The highest BCUT2D eigenvalue weighted by Crippen LogP contribution is 2.34. The molecule has 0 aromatic heterocycles. The number of nitrogens with one attached hydrogen (secondary N) is 1. The molecule has 7 nitrogen and oxygen atoms in total. The van der Waals surface area contributed by atoms with Crippen LogP contribution in [0, 0.1) is 10.1 Å². The van der Waals surface area contributed by atoms with Crippen LogP contribution in [0.25, 0.3) is 0 Å². The molecule has 0 unspecified atom stereocenters. The number of nitro groups is 1. The molecule has 30 heavy (non-hydrogen) atoms. The molecule has 7 heteroatoms. The van der Waals surface area contributed by atoms with Crippen molar-refractivity contribution in [2.24, 2.45) is 0 Å². The molecule has 1 saturated carbocycles. The van der Waals surface area contributed by atoms with Gasteiger partial charge >= 0.3 is 5.69 Å². The molecule has 4 rings (SSSR count). The van der Waals surface area contributed by atoms with E-state index in [-0.39, 0.29) is 16.7 Å². The summed E-state index contributed by atoms with van der Waals surface area (Å²) < 4.78 is 5.76. The Morgan fingerprint density at radius 3 is 2.40 bits per heavy atom. The van der Waals surface area contributed by atoms with Crippen molar-refractivity contribution in [1.29, 1.82) is 0 Å². The minimum atomic E-state index is -0.365. The van der Waals surface area contributed by atoms with E-state index >= 15 is 0 Å². The predicted octanol–water partition coefficient (Wildman–Crippen LogP) is 3.96. The average molecular weight is 411 g/mol. The lowest BCUT2D eigenvalue weighted by molar-refractivity contribution is -0.386. The molecule has 2 aromatic carbocycles. The van der Waals surface area contributed by atoms with Gasteiger partial charge < -0.3 is 19.9 Å². The van der Waals surface area contributed by atoms with E-state index in [2.05, 4.69) is 53.5 Å². The number of ether oxygens (including phenoxy) is 1. The molecule has 1 saturated heterocycles. The highest BCUT2D eigenvalue weighted by atomic mass is 16.6. The molecule has 1 aliphatic heterocycles. The van der Waals surface area contributed by atoms with Crippen molar-refractivity contribution in [3.8, 4) is 5.75 Å². The first-order valence-electron chi connectivity index (χ1n) is 10.7. The second-order valence-corrected chi connectivity index (χ2v) is 8.43. The van der Waals surface area contributed by atoms with Crippen LogP contribution in [0.2, 0.25) is 0 Å². The monoisotopic (exact) mass is 410 g/mol. The zero-order chi connectivity index (χ0) is 21.1. The molecule has 2 aromatic rings. The second kappa shape index (κ2) is 8.92. The van der Waals surface area contributed by atoms with Gasteiger partial charge in [0.15, 0.2) is 5.75 Å². The summed E-state index contributed by atoms with van der Waals surface area (Å²) in [5.74, 6) is 0.401. The second-order valence-electron chi connectivity index (χ2n) is 8.43. The number of nitro benzene ring substituents is 1. The lowest BCUT2D eigenvalue weighted by Gasteiger charge is -2.34. The van der Waals surface area contributed by atoms with Crippen LogP contribution in [0.4, 0.5) is 17.1 Å². The molecule has 0 bridgehead atoms. The number of anilines is 2. The Hall–Kier alpha value is -2.80. The van der Waals surface area contributed by atoms with Crippen molar-refractivity contribution in [2.45, 2.75) is 44.4 Å². The van der Waals surface area contributed by atoms with Gasteiger partial charge in [-0.2, -0.15) is 0 Å². The van der Waals surface area contributed by atoms with Crippen LogP contribution in [-0.2, 0) is 6.54 Å². The van der Waals surface area contributed by atoms with Gasteiger partial charge in [0.05, 0.1) is 11.0 Å². The standard InChI is InChI=1S/C23H30N4O3/c1-25(2)19-4-6-20(7-5-19)26-13-11-18(12-14-26)24-16-17-3-10-22(27(28)29)23(15-17)30-21-8-9-21/h3-7,10,15,18,21,24H,8-9,11-14,16H2,1-2H3. The molecule has 0 atom stereocenters. The Morgan fingerprint density at radius 2 is 1.80 bits per heavy atom. The van der Waals surface area contributed by atoms with Crippen LogP contribution in [-0.4, -0.2) is 44.3 Å². The van der Waals surface area contributed by atoms with E-state index in [9.17, 15) is 10.1 Å². The van der Waals surface area contributed by atoms with Crippen LogP contribution < -0.4 is 19.9 Å². The highest BCUT2D eigenvalue weighted by molar-refractivity contribution is 5.56. The summed E-state index contributed by atoms with van der Waals surface area (Å²) in [6, 6.07) is 14.4. The lowest BCUT2D eigenvalue weighted by Crippen LogP contribution is -2.42. The van der Waals surface area contributed by atoms with Crippen molar-refractivity contribution in [3.63, 3.8) is 0 Å². The minimum absolute atomic E-state index is 0.0549. The first kappa shape index (κ1) is 20.5. The Balaban J connectivity index is 1.29. The fourth-order valence-corrected chi connectivity index (χ4v) is 3.84. The lowest BCUT2D eigenvalue weighted by atomic mass is 10.0.